The smallest absolute Gasteiger partial charge is 0.0632 e. The molecular formula is C21H25Cl2NO. The molecule has 0 aromatic heterocycles. The molecule has 0 amide bonds. The number of aliphatic hydroxyl groups is 1. The molecule has 0 aliphatic carbocycles. The number of hydrogen-bond acceptors (Lipinski definition) is 2. The average molecular weight is 378 g/mol. The molecule has 2 aromatic rings. The van der Waals surface area contributed by atoms with Crippen LogP contribution in [0.2, 0.25) is 10.0 Å². The van der Waals surface area contributed by atoms with Crippen LogP contribution in [0.4, 0.5) is 0 Å². The van der Waals surface area contributed by atoms with E-state index in [1.54, 1.807) is 0 Å². The van der Waals surface area contributed by atoms with Crippen molar-refractivity contribution < 1.29 is 5.11 Å². The van der Waals surface area contributed by atoms with Gasteiger partial charge in [0.1, 0.15) is 0 Å². The van der Waals surface area contributed by atoms with Crippen LogP contribution in [0.5, 0.6) is 0 Å². The highest BCUT2D eigenvalue weighted by Gasteiger charge is 2.42. The monoisotopic (exact) mass is 377 g/mol. The Labute approximate surface area is 160 Å². The fraction of sp³-hybridized carbons (Fsp3) is 0.429. The maximum atomic E-state index is 11.1. The van der Waals surface area contributed by atoms with Gasteiger partial charge in [-0.25, -0.2) is 0 Å². The molecule has 0 radical (unpaired) electrons. The van der Waals surface area contributed by atoms with E-state index < -0.39 is 0 Å². The van der Waals surface area contributed by atoms with Crippen LogP contribution < -0.4 is 5.32 Å². The fourth-order valence-corrected chi connectivity index (χ4v) is 4.39. The molecule has 1 saturated heterocycles. The van der Waals surface area contributed by atoms with E-state index in [0.29, 0.717) is 0 Å². The van der Waals surface area contributed by atoms with E-state index in [0.717, 1.165) is 22.9 Å². The molecule has 1 fully saturated rings. The SMILES string of the molecule is CC[C@@H]1C(O)[C@H](CC)[C@H](c2ccc(Cl)cc2)N[C@@H]1c1ccc(Cl)cc1. The van der Waals surface area contributed by atoms with E-state index in [1.807, 2.05) is 24.3 Å². The summed E-state index contributed by atoms with van der Waals surface area (Å²) < 4.78 is 0. The second-order valence-electron chi connectivity index (χ2n) is 6.86. The van der Waals surface area contributed by atoms with Crippen molar-refractivity contribution in [1.29, 1.82) is 0 Å². The zero-order valence-corrected chi connectivity index (χ0v) is 16.1. The minimum absolute atomic E-state index is 0.0979. The van der Waals surface area contributed by atoms with Crippen molar-refractivity contribution in [2.75, 3.05) is 0 Å². The Morgan fingerprint density at radius 3 is 1.44 bits per heavy atom. The molecule has 0 saturated carbocycles. The summed E-state index contributed by atoms with van der Waals surface area (Å²) in [6.07, 6.45) is 1.49. The van der Waals surface area contributed by atoms with Gasteiger partial charge < -0.3 is 10.4 Å². The Morgan fingerprint density at radius 2 is 1.12 bits per heavy atom. The first-order valence-electron chi connectivity index (χ1n) is 9.00. The maximum Gasteiger partial charge on any atom is 0.0632 e. The minimum atomic E-state index is -0.349. The summed E-state index contributed by atoms with van der Waals surface area (Å²) in [4.78, 5) is 0. The quantitative estimate of drug-likeness (QED) is 0.706. The normalized spacial score (nSPS) is 29.6. The Balaban J connectivity index is 1.97. The molecule has 1 heterocycles. The largest absolute Gasteiger partial charge is 0.392 e. The molecule has 1 aliphatic heterocycles. The molecule has 0 bridgehead atoms. The lowest BCUT2D eigenvalue weighted by Gasteiger charge is -2.46. The highest BCUT2D eigenvalue weighted by molar-refractivity contribution is 6.30. The molecule has 1 aliphatic rings. The standard InChI is InChI=1S/C21H25Cl2NO/c1-3-17-19(13-5-9-15(22)10-6-13)24-20(18(4-2)21(17)25)14-7-11-16(23)12-8-14/h5-12,17-21,24-25H,3-4H2,1-2H3/t17-,18+,19+,20-,21?. The van der Waals surface area contributed by atoms with E-state index in [1.165, 1.54) is 11.1 Å². The lowest BCUT2D eigenvalue weighted by Crippen LogP contribution is -2.50. The summed E-state index contributed by atoms with van der Waals surface area (Å²) in [5, 5.41) is 16.4. The van der Waals surface area contributed by atoms with Gasteiger partial charge in [0.15, 0.2) is 0 Å². The number of aliphatic hydroxyl groups excluding tert-OH is 1. The van der Waals surface area contributed by atoms with E-state index in [-0.39, 0.29) is 30.0 Å². The van der Waals surface area contributed by atoms with Gasteiger partial charge in [0, 0.05) is 34.0 Å². The van der Waals surface area contributed by atoms with Gasteiger partial charge in [0.05, 0.1) is 6.10 Å². The van der Waals surface area contributed by atoms with Crippen molar-refractivity contribution in [2.24, 2.45) is 11.8 Å². The predicted molar refractivity (Wildman–Crippen MR) is 105 cm³/mol. The summed E-state index contributed by atoms with van der Waals surface area (Å²) in [5.74, 6) is 0.351. The summed E-state index contributed by atoms with van der Waals surface area (Å²) in [5.41, 5.74) is 2.34. The predicted octanol–water partition coefficient (Wildman–Crippen LogP) is 5.79. The minimum Gasteiger partial charge on any atom is -0.392 e. The van der Waals surface area contributed by atoms with Crippen molar-refractivity contribution in [2.45, 2.75) is 44.9 Å². The average Bonchev–Trinajstić information content (AvgIpc) is 2.62. The van der Waals surface area contributed by atoms with Gasteiger partial charge in [-0.05, 0) is 48.2 Å². The Bertz CT molecular complexity index is 627. The van der Waals surface area contributed by atoms with Gasteiger partial charge in [0.2, 0.25) is 0 Å². The zero-order chi connectivity index (χ0) is 18.0. The Morgan fingerprint density at radius 1 is 0.760 bits per heavy atom. The topological polar surface area (TPSA) is 32.3 Å². The zero-order valence-electron chi connectivity index (χ0n) is 14.6. The molecule has 5 atom stereocenters. The van der Waals surface area contributed by atoms with Gasteiger partial charge in [-0.1, -0.05) is 61.3 Å². The van der Waals surface area contributed by atoms with Crippen LogP contribution in [0.15, 0.2) is 48.5 Å². The van der Waals surface area contributed by atoms with Crippen LogP contribution in [0, 0.1) is 11.8 Å². The van der Waals surface area contributed by atoms with Gasteiger partial charge in [-0.3, -0.25) is 0 Å². The molecule has 2 N–H and O–H groups in total. The van der Waals surface area contributed by atoms with Gasteiger partial charge in [0.25, 0.3) is 0 Å². The molecule has 1 unspecified atom stereocenters. The number of rotatable bonds is 4. The Hall–Kier alpha value is -1.06. The molecule has 134 valence electrons. The van der Waals surface area contributed by atoms with E-state index >= 15 is 0 Å². The summed E-state index contributed by atoms with van der Waals surface area (Å²) >= 11 is 12.1. The highest BCUT2D eigenvalue weighted by atomic mass is 35.5. The molecule has 2 nitrogen and oxygen atoms in total. The van der Waals surface area contributed by atoms with Gasteiger partial charge in [-0.2, -0.15) is 0 Å². The van der Waals surface area contributed by atoms with Crippen molar-refractivity contribution in [1.82, 2.24) is 5.32 Å². The third-order valence-electron chi connectivity index (χ3n) is 5.49. The second-order valence-corrected chi connectivity index (χ2v) is 7.73. The van der Waals surface area contributed by atoms with Crippen LogP contribution in [0.3, 0.4) is 0 Å². The van der Waals surface area contributed by atoms with Crippen molar-refractivity contribution in [3.8, 4) is 0 Å². The van der Waals surface area contributed by atoms with Crippen molar-refractivity contribution in [3.05, 3.63) is 69.7 Å². The van der Waals surface area contributed by atoms with Crippen molar-refractivity contribution in [3.63, 3.8) is 0 Å². The fourth-order valence-electron chi connectivity index (χ4n) is 4.13. The highest BCUT2D eigenvalue weighted by Crippen LogP contribution is 2.43. The molecular weight excluding hydrogens is 353 g/mol. The third kappa shape index (κ3) is 3.88. The summed E-state index contributed by atoms with van der Waals surface area (Å²) in [7, 11) is 0. The number of benzene rings is 2. The van der Waals surface area contributed by atoms with Crippen molar-refractivity contribution >= 4 is 23.2 Å². The second kappa shape index (κ2) is 8.09. The van der Waals surface area contributed by atoms with E-state index in [9.17, 15) is 5.11 Å². The summed E-state index contributed by atoms with van der Waals surface area (Å²) in [6.45, 7) is 4.29. The Kier molecular flexibility index (Phi) is 6.06. The molecule has 0 spiro atoms. The lowest BCUT2D eigenvalue weighted by atomic mass is 9.71. The molecule has 2 aromatic carbocycles. The molecule has 3 rings (SSSR count). The number of halogens is 2. The first kappa shape index (κ1) is 18.7. The van der Waals surface area contributed by atoms with E-state index in [4.69, 9.17) is 23.2 Å². The molecule has 25 heavy (non-hydrogen) atoms. The number of hydrogen-bond donors (Lipinski definition) is 2. The first-order valence-corrected chi connectivity index (χ1v) is 9.75. The number of piperidine rings is 1. The number of nitrogens with one attached hydrogen (secondary N) is 1. The van der Waals surface area contributed by atoms with E-state index in [2.05, 4.69) is 43.4 Å². The van der Waals surface area contributed by atoms with Crippen LogP contribution >= 0.6 is 23.2 Å². The van der Waals surface area contributed by atoms with Crippen LogP contribution in [-0.4, -0.2) is 11.2 Å². The van der Waals surface area contributed by atoms with Crippen LogP contribution in [0.1, 0.15) is 49.9 Å². The molecule has 4 heteroatoms. The maximum absolute atomic E-state index is 11.1. The summed E-state index contributed by atoms with van der Waals surface area (Å²) in [6, 6.07) is 16.1. The van der Waals surface area contributed by atoms with Crippen LogP contribution in [-0.2, 0) is 0 Å². The van der Waals surface area contributed by atoms with Gasteiger partial charge >= 0.3 is 0 Å². The third-order valence-corrected chi connectivity index (χ3v) is 6.00. The van der Waals surface area contributed by atoms with Gasteiger partial charge in [-0.15, -0.1) is 0 Å². The lowest BCUT2D eigenvalue weighted by molar-refractivity contribution is -0.0251. The van der Waals surface area contributed by atoms with Crippen LogP contribution in [0.25, 0.3) is 0 Å². The first-order chi connectivity index (χ1) is 12.0.